The number of benzene rings is 1. The topological polar surface area (TPSA) is 57.5 Å². The van der Waals surface area contributed by atoms with Crippen LogP contribution >= 0.6 is 0 Å². The quantitative estimate of drug-likeness (QED) is 0.698. The van der Waals surface area contributed by atoms with E-state index in [-0.39, 0.29) is 11.8 Å². The summed E-state index contributed by atoms with van der Waals surface area (Å²) in [6.45, 7) is 0. The fraction of sp³-hybridized carbons (Fsp3) is 0.480. The summed E-state index contributed by atoms with van der Waals surface area (Å²) in [5.74, 6) is 3.64. The lowest BCUT2D eigenvalue weighted by atomic mass is 9.50. The normalized spacial score (nSPS) is 39.7. The molecule has 3 heteroatoms. The summed E-state index contributed by atoms with van der Waals surface area (Å²) in [4.78, 5) is 11.6. The first kappa shape index (κ1) is 17.8. The van der Waals surface area contributed by atoms with Crippen LogP contribution in [0.25, 0.3) is 0 Å². The van der Waals surface area contributed by atoms with Crippen LogP contribution in [0.1, 0.15) is 24.8 Å². The highest BCUT2D eigenvalue weighted by atomic mass is 16.4. The van der Waals surface area contributed by atoms with Crippen molar-refractivity contribution in [2.45, 2.75) is 25.7 Å². The number of carboxylic acid groups (broad SMARTS) is 1. The summed E-state index contributed by atoms with van der Waals surface area (Å²) in [5.41, 5.74) is 1.22. The lowest BCUT2D eigenvalue weighted by Gasteiger charge is -2.54. The Balaban J connectivity index is 1.19. The van der Waals surface area contributed by atoms with Gasteiger partial charge in [-0.2, -0.15) is 0 Å². The number of carboxylic acids is 1. The van der Waals surface area contributed by atoms with Crippen molar-refractivity contribution in [2.75, 3.05) is 0 Å². The molecule has 3 nitrogen and oxygen atoms in total. The van der Waals surface area contributed by atoms with Crippen LogP contribution in [0, 0.1) is 47.3 Å². The molecule has 0 unspecified atom stereocenters. The molecule has 4 aliphatic rings. The fourth-order valence-electron chi connectivity index (χ4n) is 6.69. The van der Waals surface area contributed by atoms with Crippen molar-refractivity contribution < 1.29 is 15.0 Å². The minimum absolute atomic E-state index is 0.213. The van der Waals surface area contributed by atoms with Crippen molar-refractivity contribution in [1.29, 1.82) is 0 Å². The molecule has 1 aromatic rings. The highest BCUT2D eigenvalue weighted by molar-refractivity contribution is 5.73. The van der Waals surface area contributed by atoms with Gasteiger partial charge in [-0.1, -0.05) is 48.6 Å². The van der Waals surface area contributed by atoms with Crippen molar-refractivity contribution in [1.82, 2.24) is 0 Å². The van der Waals surface area contributed by atoms with Crippen LogP contribution < -0.4 is 0 Å². The third-order valence-electron chi connectivity index (χ3n) is 7.86. The first-order chi connectivity index (χ1) is 13.6. The minimum atomic E-state index is -0.666. The number of phenolic OH excluding ortho intramolecular Hbond substituents is 1. The van der Waals surface area contributed by atoms with Crippen LogP contribution in [0.4, 0.5) is 0 Å². The van der Waals surface area contributed by atoms with Crippen molar-refractivity contribution in [2.24, 2.45) is 47.3 Å². The molecule has 0 radical (unpaired) electrons. The summed E-state index contributed by atoms with van der Waals surface area (Å²) in [7, 11) is 0. The molecule has 0 aliphatic heterocycles. The molecule has 2 fully saturated rings. The van der Waals surface area contributed by atoms with Crippen molar-refractivity contribution >= 4 is 5.97 Å². The number of rotatable bonds is 6. The maximum atomic E-state index is 11.6. The van der Waals surface area contributed by atoms with E-state index in [9.17, 15) is 15.0 Å². The molecule has 0 saturated heterocycles. The zero-order chi connectivity index (χ0) is 19.3. The molecular formula is C25H28O3. The lowest BCUT2D eigenvalue weighted by Crippen LogP contribution is -2.50. The first-order valence-corrected chi connectivity index (χ1v) is 10.7. The summed E-state index contributed by atoms with van der Waals surface area (Å²) >= 11 is 0. The van der Waals surface area contributed by atoms with Crippen molar-refractivity contribution in [3.05, 3.63) is 66.3 Å². The van der Waals surface area contributed by atoms with Crippen LogP contribution in [-0.2, 0) is 11.2 Å². The van der Waals surface area contributed by atoms with Crippen molar-refractivity contribution in [3.63, 3.8) is 0 Å². The zero-order valence-electron chi connectivity index (χ0n) is 16.0. The van der Waals surface area contributed by atoms with Gasteiger partial charge in [0.2, 0.25) is 0 Å². The maximum absolute atomic E-state index is 11.6. The standard InChI is InChI=1S/C25H28O3/c26-17-9-6-15(7-10-17)4-2-1-3-5-18-19-12-13-20-21(25(27)28)11-8-16-14-22(18)24(19)23(16)20/h1-2,6-13,16,18-24,26H,3-5,14H2,(H,27,28)/b2-1+/t16-,18-,19-,20+,21-,22+,23-,24-/m0/s1. The second-order valence-corrected chi connectivity index (χ2v) is 9.09. The number of phenols is 1. The number of hydrogen-bond donors (Lipinski definition) is 2. The highest BCUT2D eigenvalue weighted by Crippen LogP contribution is 2.67. The Hall–Kier alpha value is -2.29. The van der Waals surface area contributed by atoms with E-state index in [0.717, 1.165) is 30.6 Å². The SMILES string of the molecule is O=C(O)[C@H]1C=C[C@H]2C[C@@H]3[C@@H](CC/C=C/Cc4ccc(O)cc4)[C@@H]4C=C[C@H]1[C@H]2[C@@H]43. The molecule has 146 valence electrons. The van der Waals surface area contributed by atoms with Gasteiger partial charge < -0.3 is 10.2 Å². The van der Waals surface area contributed by atoms with Crippen LogP contribution in [0.15, 0.2) is 60.7 Å². The Labute approximate surface area is 166 Å². The zero-order valence-corrected chi connectivity index (χ0v) is 16.0. The van der Waals surface area contributed by atoms with Gasteiger partial charge in [0.15, 0.2) is 0 Å². The second-order valence-electron chi connectivity index (χ2n) is 9.09. The Morgan fingerprint density at radius 1 is 1.00 bits per heavy atom. The van der Waals surface area contributed by atoms with Crippen molar-refractivity contribution in [3.8, 4) is 5.75 Å². The largest absolute Gasteiger partial charge is 0.508 e. The summed E-state index contributed by atoms with van der Waals surface area (Å²) < 4.78 is 0. The number of allylic oxidation sites excluding steroid dienone is 5. The van der Waals surface area contributed by atoms with Crippen LogP contribution in [0.3, 0.4) is 0 Å². The Kier molecular flexibility index (Phi) is 4.41. The van der Waals surface area contributed by atoms with E-state index >= 15 is 0 Å². The average Bonchev–Trinajstić information content (AvgIpc) is 3.03. The molecule has 1 aromatic carbocycles. The van der Waals surface area contributed by atoms with E-state index in [1.165, 1.54) is 18.4 Å². The van der Waals surface area contributed by atoms with Gasteiger partial charge in [0, 0.05) is 0 Å². The summed E-state index contributed by atoms with van der Waals surface area (Å²) in [6, 6.07) is 7.42. The van der Waals surface area contributed by atoms with Gasteiger partial charge in [0.1, 0.15) is 5.75 Å². The predicted molar refractivity (Wildman–Crippen MR) is 109 cm³/mol. The molecule has 0 amide bonds. The molecule has 8 atom stereocenters. The summed E-state index contributed by atoms with van der Waals surface area (Å²) in [6.07, 6.45) is 17.9. The van der Waals surface area contributed by atoms with E-state index in [4.69, 9.17) is 0 Å². The fourth-order valence-corrected chi connectivity index (χ4v) is 6.69. The van der Waals surface area contributed by atoms with Crippen LogP contribution in [0.5, 0.6) is 5.75 Å². The smallest absolute Gasteiger partial charge is 0.310 e. The van der Waals surface area contributed by atoms with Gasteiger partial charge in [-0.3, -0.25) is 4.79 Å². The monoisotopic (exact) mass is 376 g/mol. The Morgan fingerprint density at radius 3 is 2.57 bits per heavy atom. The van der Waals surface area contributed by atoms with E-state index < -0.39 is 5.97 Å². The first-order valence-electron chi connectivity index (χ1n) is 10.7. The number of hydrogen-bond acceptors (Lipinski definition) is 2. The number of aliphatic carboxylic acids is 1. The Morgan fingerprint density at radius 2 is 1.79 bits per heavy atom. The van der Waals surface area contributed by atoms with Gasteiger partial charge in [-0.25, -0.2) is 0 Å². The molecule has 2 saturated carbocycles. The van der Waals surface area contributed by atoms with Gasteiger partial charge in [0.05, 0.1) is 5.92 Å². The third kappa shape index (κ3) is 2.83. The molecule has 5 rings (SSSR count). The molecular weight excluding hydrogens is 348 g/mol. The van der Waals surface area contributed by atoms with Gasteiger partial charge in [-0.05, 0) is 84.8 Å². The summed E-state index contributed by atoms with van der Waals surface area (Å²) in [5, 5.41) is 18.9. The van der Waals surface area contributed by atoms with E-state index in [0.29, 0.717) is 23.5 Å². The molecule has 0 heterocycles. The molecule has 2 N–H and O–H groups in total. The van der Waals surface area contributed by atoms with Gasteiger partial charge in [0.25, 0.3) is 0 Å². The number of aromatic hydroxyl groups is 1. The molecule has 28 heavy (non-hydrogen) atoms. The lowest BCUT2D eigenvalue weighted by molar-refractivity contribution is -0.143. The maximum Gasteiger partial charge on any atom is 0.310 e. The molecule has 0 spiro atoms. The highest BCUT2D eigenvalue weighted by Gasteiger charge is 2.62. The minimum Gasteiger partial charge on any atom is -0.508 e. The second kappa shape index (κ2) is 6.95. The predicted octanol–water partition coefficient (Wildman–Crippen LogP) is 4.84. The number of carbonyl (C=O) groups is 1. The molecule has 4 aliphatic carbocycles. The third-order valence-corrected chi connectivity index (χ3v) is 7.86. The van der Waals surface area contributed by atoms with Crippen LogP contribution in [-0.4, -0.2) is 16.2 Å². The Bertz CT molecular complexity index is 834. The van der Waals surface area contributed by atoms with E-state index in [1.807, 2.05) is 18.2 Å². The molecule has 0 bridgehead atoms. The van der Waals surface area contributed by atoms with Crippen LogP contribution in [0.2, 0.25) is 0 Å². The van der Waals surface area contributed by atoms with E-state index in [1.54, 1.807) is 12.1 Å². The average molecular weight is 376 g/mol. The van der Waals surface area contributed by atoms with Gasteiger partial charge >= 0.3 is 5.97 Å². The molecule has 0 aromatic heterocycles. The van der Waals surface area contributed by atoms with E-state index in [2.05, 4.69) is 30.4 Å². The van der Waals surface area contributed by atoms with Gasteiger partial charge in [-0.15, -0.1) is 0 Å².